The summed E-state index contributed by atoms with van der Waals surface area (Å²) in [5, 5.41) is 9.04. The van der Waals surface area contributed by atoms with E-state index in [1.165, 1.54) is 35.8 Å². The normalized spacial score (nSPS) is 14.3. The van der Waals surface area contributed by atoms with Crippen LogP contribution in [0.1, 0.15) is 126 Å². The maximum Gasteiger partial charge on any atom is 1.00 e. The fourth-order valence-corrected chi connectivity index (χ4v) is 11.0. The zero-order chi connectivity index (χ0) is 70.4. The fourth-order valence-electron chi connectivity index (χ4n) is 7.54. The van der Waals surface area contributed by atoms with Gasteiger partial charge < -0.3 is 16.6 Å². The van der Waals surface area contributed by atoms with Crippen LogP contribution in [0.4, 0.5) is 65.9 Å². The molecule has 3 aliphatic rings. The number of hydrogen-bond donors (Lipinski definition) is 2. The van der Waals surface area contributed by atoms with Crippen molar-refractivity contribution in [3.63, 3.8) is 0 Å². The van der Waals surface area contributed by atoms with Crippen LogP contribution in [0.3, 0.4) is 0 Å². The van der Waals surface area contributed by atoms with E-state index in [2.05, 4.69) is 21.7 Å². The summed E-state index contributed by atoms with van der Waals surface area (Å²) in [6.45, 7) is 1.01. The second-order valence-corrected chi connectivity index (χ2v) is 26.0. The van der Waals surface area contributed by atoms with Crippen LogP contribution in [0, 0.1) is 0 Å². The number of carbonyl (C=O) groups excluding carboxylic acids is 6. The number of thioether (sulfide) groups is 1. The van der Waals surface area contributed by atoms with E-state index in [9.17, 15) is 103 Å². The molecule has 3 aromatic carbocycles. The summed E-state index contributed by atoms with van der Waals surface area (Å²) < 4.78 is 240. The van der Waals surface area contributed by atoms with Gasteiger partial charge in [-0.05, 0) is 106 Å². The number of imide groups is 3. The summed E-state index contributed by atoms with van der Waals surface area (Å²) >= 11 is -1.43. The number of amides is 6. The van der Waals surface area contributed by atoms with Crippen LogP contribution in [0.25, 0.3) is 0 Å². The molecule has 3 heterocycles. The van der Waals surface area contributed by atoms with E-state index < -0.39 is 122 Å². The van der Waals surface area contributed by atoms with Crippen molar-refractivity contribution in [2.75, 3.05) is 80.2 Å². The number of alkyl halides is 16. The second kappa shape index (κ2) is 45.3. The SMILES string of the molecule is CN.C[O-].NCCCS(=O)CCCC(F)(F)C(F)(F)F.O=C1c2ccccc2C(=O)N1CCCBr.O=C1c2ccccc2C(=O)N1CCCS(=O)CCCC(F)(F)C(F)(F)F.O=C1c2ccccc2C(=O)N1CCCSCCCC(F)(F)C(F)(F)F.[Na+].[Na+].[O-][I+3]([O-])([O-])[O-]. The smallest absolute Gasteiger partial charge is 0.857 e. The summed E-state index contributed by atoms with van der Waals surface area (Å²) in [6, 6.07) is 19.7. The van der Waals surface area contributed by atoms with Gasteiger partial charge in [-0.25, -0.2) is 0 Å². The second-order valence-electron chi connectivity index (χ2n) is 18.4. The Balaban J connectivity index is -0.00000113. The number of fused-ring (bicyclic) bond motifs is 3. The van der Waals surface area contributed by atoms with Gasteiger partial charge in [0.2, 0.25) is 0 Å². The van der Waals surface area contributed by atoms with Gasteiger partial charge in [-0.2, -0.15) is 84.7 Å². The van der Waals surface area contributed by atoms with E-state index in [-0.39, 0.29) is 149 Å². The molecule has 518 valence electrons. The van der Waals surface area contributed by atoms with E-state index in [1.54, 1.807) is 60.7 Å². The van der Waals surface area contributed by atoms with Gasteiger partial charge in [-0.3, -0.25) is 65.6 Å². The van der Waals surface area contributed by atoms with Crippen molar-refractivity contribution in [2.24, 2.45) is 11.5 Å². The van der Waals surface area contributed by atoms with Gasteiger partial charge in [0, 0.05) is 88.8 Å². The molecular weight excluding hydrogens is 1550 g/mol. The molecule has 2 atom stereocenters. The molecule has 4 N–H and O–H groups in total. The number of nitrogens with two attached hydrogens (primary N) is 2. The zero-order valence-corrected chi connectivity index (χ0v) is 60.4. The van der Waals surface area contributed by atoms with Crippen LogP contribution in [0.2, 0.25) is 0 Å². The molecule has 0 bridgehead atoms. The Bertz CT molecular complexity index is 2750. The number of nitrogens with zero attached hydrogens (tertiary/aromatic N) is 3. The van der Waals surface area contributed by atoms with Gasteiger partial charge in [-0.1, -0.05) is 52.3 Å². The van der Waals surface area contributed by atoms with Crippen molar-refractivity contribution >= 4 is 84.7 Å². The third-order valence-electron chi connectivity index (χ3n) is 11.9. The summed E-state index contributed by atoms with van der Waals surface area (Å²) in [6.07, 6.45) is -19.9. The molecule has 6 amide bonds. The Hall–Kier alpha value is -2.39. The number of carbonyl (C=O) groups is 6. The minimum absolute atomic E-state index is 0. The number of benzene rings is 3. The monoisotopic (exact) mass is 1610 g/mol. The van der Waals surface area contributed by atoms with Crippen LogP contribution < -0.4 is 110 Å². The Labute approximate surface area is 593 Å². The molecule has 0 fully saturated rings. The van der Waals surface area contributed by atoms with Crippen LogP contribution in [-0.4, -0.2) is 175 Å². The predicted molar refractivity (Wildman–Crippen MR) is 297 cm³/mol. The number of hydrogen-bond acceptors (Lipinski definition) is 16. The van der Waals surface area contributed by atoms with Crippen molar-refractivity contribution in [3.05, 3.63) is 106 Å². The first-order valence-electron chi connectivity index (χ1n) is 26.5. The fraction of sp³-hybridized carbons (Fsp3) is 0.547. The average molecular weight is 1610 g/mol. The largest absolute Gasteiger partial charge is 1.00 e. The molecule has 0 aromatic heterocycles. The standard InChI is InChI=1S/C16H16F5NO3S.C16H16F5NO2S.C11H10BrNO2.C8H14F5NOS.CH5N.CH3O.IO4.2Na/c17-15(18,16(19,20)21)7-3-9-26(25)10-4-8-22-13(23)11-5-1-2-6-12(11)14(22)24;17-15(18,16(19,20)21)7-3-9-25-10-4-8-22-13(23)11-5-1-2-6-12(11)14(22)24;12-6-3-7-13-10(14)8-4-1-2-5-9(8)11(13)15;9-7(10,8(11,12)13)3-1-5-16(15)6-2-4-14;2*1-2;2-1(3,4)5;;/h1-2,5-6H,3-4,7-10H2;1-2,5-6H,3-4,7-10H2;1-2,4-5H,3,6-7H2;1-6,14H2;2H2,1H3;1H3;;;/q;;;;;2*-1;2*+1. The van der Waals surface area contributed by atoms with Gasteiger partial charge in [0.15, 0.2) is 0 Å². The summed E-state index contributed by atoms with van der Waals surface area (Å²) in [5.74, 6) is -15.7. The number of halogens is 17. The molecule has 18 nitrogen and oxygen atoms in total. The van der Waals surface area contributed by atoms with E-state index >= 15 is 0 Å². The van der Waals surface area contributed by atoms with Gasteiger partial charge in [0.05, 0.1) is 33.4 Å². The van der Waals surface area contributed by atoms with Crippen LogP contribution >= 0.6 is 27.7 Å². The molecule has 2 unspecified atom stereocenters. The molecule has 6 rings (SSSR count). The van der Waals surface area contributed by atoms with E-state index in [1.807, 2.05) is 0 Å². The molecular formula is C53H64BrF15IN5Na2O13S3. The first-order chi connectivity index (χ1) is 42.2. The first-order valence-corrected chi connectivity index (χ1v) is 35.3. The van der Waals surface area contributed by atoms with Gasteiger partial charge in [0.1, 0.15) is 20.1 Å². The Morgan fingerprint density at radius 1 is 0.430 bits per heavy atom. The van der Waals surface area contributed by atoms with Gasteiger partial charge in [0.25, 0.3) is 35.4 Å². The summed E-state index contributed by atoms with van der Waals surface area (Å²) in [7, 11) is -0.716. The topological polar surface area (TPSA) is 314 Å². The first kappa shape index (κ1) is 94.8. The van der Waals surface area contributed by atoms with Crippen LogP contribution in [0.5, 0.6) is 0 Å². The van der Waals surface area contributed by atoms with E-state index in [0.717, 1.165) is 28.7 Å². The average Bonchev–Trinajstić information content (AvgIpc) is 1.66. The van der Waals surface area contributed by atoms with Crippen molar-refractivity contribution in [1.82, 2.24) is 14.7 Å². The van der Waals surface area contributed by atoms with Crippen LogP contribution in [-0.2, 0) is 21.6 Å². The molecule has 93 heavy (non-hydrogen) atoms. The van der Waals surface area contributed by atoms with Gasteiger partial charge in [-0.15, -0.1) is 0 Å². The molecule has 3 aliphatic heterocycles. The van der Waals surface area contributed by atoms with E-state index in [0.29, 0.717) is 53.9 Å². The van der Waals surface area contributed by atoms with E-state index in [4.69, 9.17) is 24.6 Å². The quantitative estimate of drug-likeness (QED) is 0.0199. The predicted octanol–water partition coefficient (Wildman–Crippen LogP) is -3.28. The number of rotatable bonds is 26. The third kappa shape index (κ3) is 32.9. The zero-order valence-electron chi connectivity index (χ0n) is 50.2. The van der Waals surface area contributed by atoms with Crippen molar-refractivity contribution in [3.8, 4) is 0 Å². The molecule has 0 saturated heterocycles. The van der Waals surface area contributed by atoms with Crippen molar-refractivity contribution in [2.45, 2.75) is 101 Å². The summed E-state index contributed by atoms with van der Waals surface area (Å²) in [4.78, 5) is 75.4. The minimum Gasteiger partial charge on any atom is -0.857 e. The third-order valence-corrected chi connectivity index (χ3v) is 16.6. The van der Waals surface area contributed by atoms with Crippen LogP contribution in [0.15, 0.2) is 72.8 Å². The maximum atomic E-state index is 12.7. The van der Waals surface area contributed by atoms with Crippen molar-refractivity contribution < 1.29 is 201 Å². The maximum absolute atomic E-state index is 12.7. The Morgan fingerprint density at radius 3 is 0.914 bits per heavy atom. The Kier molecular flexibility index (Phi) is 46.2. The minimum atomic E-state index is -5.94. The molecule has 40 heteroatoms. The van der Waals surface area contributed by atoms with Crippen molar-refractivity contribution in [1.29, 1.82) is 0 Å². The Morgan fingerprint density at radius 2 is 0.656 bits per heavy atom. The molecule has 0 saturated carbocycles. The summed E-state index contributed by atoms with van der Waals surface area (Å²) in [5.41, 5.74) is 12.0. The molecule has 3 aromatic rings. The van der Waals surface area contributed by atoms with Gasteiger partial charge >= 0.3 is 95.4 Å². The molecule has 0 spiro atoms. The molecule has 0 aliphatic carbocycles. The molecule has 0 radical (unpaired) electrons.